The molecule has 0 saturated heterocycles. The molecule has 88 valence electrons. The van der Waals surface area contributed by atoms with Gasteiger partial charge in [0.05, 0.1) is 0 Å². The van der Waals surface area contributed by atoms with Gasteiger partial charge in [-0.25, -0.2) is 0 Å². The molecule has 0 N–H and O–H groups in total. The molecule has 16 heavy (non-hydrogen) atoms. The van der Waals surface area contributed by atoms with Gasteiger partial charge in [0.15, 0.2) is 11.5 Å². The number of hydrogen-bond donors (Lipinski definition) is 0. The van der Waals surface area contributed by atoms with Gasteiger partial charge in [-0.2, -0.15) is 0 Å². The lowest BCUT2D eigenvalue weighted by atomic mass is 10.1. The number of ether oxygens (including phenoxy) is 2. The molecule has 0 bridgehead atoms. The summed E-state index contributed by atoms with van der Waals surface area (Å²) < 4.78 is 11.1. The number of rotatable bonds is 4. The first-order valence-electron chi connectivity index (χ1n) is 5.85. The molecule has 1 aromatic rings. The predicted octanol–water partition coefficient (Wildman–Crippen LogP) is 4.08. The van der Waals surface area contributed by atoms with Gasteiger partial charge >= 0.3 is 0 Å². The Hall–Kier alpha value is -0.700. The highest BCUT2D eigenvalue weighted by Gasteiger charge is 2.14. The molecule has 0 aliphatic carbocycles. The van der Waals surface area contributed by atoms with Gasteiger partial charge in [-0.05, 0) is 24.1 Å². The highest BCUT2D eigenvalue weighted by molar-refractivity contribution is 9.09. The predicted molar refractivity (Wildman–Crippen MR) is 68.6 cm³/mol. The molecule has 1 aliphatic heterocycles. The zero-order valence-corrected chi connectivity index (χ0v) is 11.1. The van der Waals surface area contributed by atoms with Crippen LogP contribution in [0.5, 0.6) is 11.5 Å². The van der Waals surface area contributed by atoms with Crippen molar-refractivity contribution in [1.29, 1.82) is 0 Å². The van der Waals surface area contributed by atoms with Crippen LogP contribution in [0.1, 0.15) is 36.6 Å². The van der Waals surface area contributed by atoms with Gasteiger partial charge in [-0.1, -0.05) is 41.8 Å². The van der Waals surface area contributed by atoms with Crippen molar-refractivity contribution in [1.82, 2.24) is 0 Å². The van der Waals surface area contributed by atoms with E-state index in [-0.39, 0.29) is 0 Å². The average molecular weight is 285 g/mol. The molecule has 0 saturated carbocycles. The molecule has 0 radical (unpaired) electrons. The van der Waals surface area contributed by atoms with E-state index in [1.165, 1.54) is 18.4 Å². The van der Waals surface area contributed by atoms with Gasteiger partial charge in [-0.3, -0.25) is 0 Å². The first kappa shape index (κ1) is 11.8. The molecule has 1 aliphatic rings. The fourth-order valence-corrected chi connectivity index (χ4v) is 2.41. The van der Waals surface area contributed by atoms with Gasteiger partial charge in [0.1, 0.15) is 13.2 Å². The number of alkyl halides is 1. The van der Waals surface area contributed by atoms with Crippen LogP contribution in [0, 0.1) is 0 Å². The zero-order chi connectivity index (χ0) is 11.4. The van der Waals surface area contributed by atoms with E-state index < -0.39 is 0 Å². The Morgan fingerprint density at radius 1 is 1.25 bits per heavy atom. The van der Waals surface area contributed by atoms with E-state index in [1.807, 2.05) is 6.07 Å². The first-order chi connectivity index (χ1) is 7.81. The number of unbranched alkanes of at least 4 members (excludes halogenated alkanes) is 1. The summed E-state index contributed by atoms with van der Waals surface area (Å²) in [5.74, 6) is 1.75. The minimum atomic E-state index is 0.420. The summed E-state index contributed by atoms with van der Waals surface area (Å²) >= 11 is 3.72. The molecule has 2 nitrogen and oxygen atoms in total. The molecule has 3 heteroatoms. The maximum atomic E-state index is 5.57. The fourth-order valence-electron chi connectivity index (χ4n) is 1.80. The van der Waals surface area contributed by atoms with E-state index >= 15 is 0 Å². The van der Waals surface area contributed by atoms with Gasteiger partial charge < -0.3 is 9.47 Å². The van der Waals surface area contributed by atoms with E-state index in [2.05, 4.69) is 35.0 Å². The Morgan fingerprint density at radius 3 is 2.75 bits per heavy atom. The van der Waals surface area contributed by atoms with E-state index in [9.17, 15) is 0 Å². The third kappa shape index (κ3) is 2.70. The molecule has 0 spiro atoms. The Labute approximate surface area is 105 Å². The van der Waals surface area contributed by atoms with Crippen molar-refractivity contribution in [3.05, 3.63) is 23.8 Å². The molecule has 1 heterocycles. The van der Waals surface area contributed by atoms with Crippen LogP contribution in [0.15, 0.2) is 18.2 Å². The Kier molecular flexibility index (Phi) is 4.10. The van der Waals surface area contributed by atoms with E-state index in [4.69, 9.17) is 9.47 Å². The van der Waals surface area contributed by atoms with Gasteiger partial charge in [0.2, 0.25) is 0 Å². The molecule has 1 atom stereocenters. The lowest BCUT2D eigenvalue weighted by Gasteiger charge is -2.20. The smallest absolute Gasteiger partial charge is 0.161 e. The number of hydrogen-bond acceptors (Lipinski definition) is 2. The third-order valence-corrected chi connectivity index (χ3v) is 3.73. The summed E-state index contributed by atoms with van der Waals surface area (Å²) in [7, 11) is 0. The average Bonchev–Trinajstić information content (AvgIpc) is 2.35. The summed E-state index contributed by atoms with van der Waals surface area (Å²) in [6.45, 7) is 3.52. The van der Waals surface area contributed by atoms with Crippen molar-refractivity contribution in [2.24, 2.45) is 0 Å². The quantitative estimate of drug-likeness (QED) is 0.776. The van der Waals surface area contributed by atoms with Crippen molar-refractivity contribution in [2.75, 3.05) is 13.2 Å². The Balaban J connectivity index is 2.10. The molecular formula is C13H17BrO2. The van der Waals surface area contributed by atoms with Crippen molar-refractivity contribution in [3.63, 3.8) is 0 Å². The van der Waals surface area contributed by atoms with E-state index in [0.717, 1.165) is 17.9 Å². The molecule has 0 fully saturated rings. The fraction of sp³-hybridized carbons (Fsp3) is 0.538. The summed E-state index contributed by atoms with van der Waals surface area (Å²) in [4.78, 5) is 0.420. The second-order valence-corrected chi connectivity index (χ2v) is 5.12. The van der Waals surface area contributed by atoms with Crippen LogP contribution in [0.3, 0.4) is 0 Å². The van der Waals surface area contributed by atoms with Crippen LogP contribution in [0.25, 0.3) is 0 Å². The van der Waals surface area contributed by atoms with Crippen LogP contribution in [-0.4, -0.2) is 13.2 Å². The SMILES string of the molecule is CCCCC(Br)c1ccc2c(c1)OCCO2. The minimum absolute atomic E-state index is 0.420. The number of fused-ring (bicyclic) bond motifs is 1. The second kappa shape index (κ2) is 5.58. The van der Waals surface area contributed by atoms with Gasteiger partial charge in [-0.15, -0.1) is 0 Å². The van der Waals surface area contributed by atoms with Crippen molar-refractivity contribution >= 4 is 15.9 Å². The van der Waals surface area contributed by atoms with Crippen LogP contribution in [-0.2, 0) is 0 Å². The van der Waals surface area contributed by atoms with Crippen molar-refractivity contribution < 1.29 is 9.47 Å². The molecular weight excluding hydrogens is 268 g/mol. The number of benzene rings is 1. The van der Waals surface area contributed by atoms with Crippen LogP contribution < -0.4 is 9.47 Å². The maximum absolute atomic E-state index is 5.57. The molecule has 0 amide bonds. The standard InChI is InChI=1S/C13H17BrO2/c1-2-3-4-11(14)10-5-6-12-13(9-10)16-8-7-15-12/h5-6,9,11H,2-4,7-8H2,1H3. The topological polar surface area (TPSA) is 18.5 Å². The Bertz CT molecular complexity index is 352. The lowest BCUT2D eigenvalue weighted by molar-refractivity contribution is 0.171. The van der Waals surface area contributed by atoms with E-state index in [1.54, 1.807) is 0 Å². The molecule has 0 aromatic heterocycles. The van der Waals surface area contributed by atoms with Crippen LogP contribution in [0.2, 0.25) is 0 Å². The Morgan fingerprint density at radius 2 is 2.00 bits per heavy atom. The molecule has 1 aromatic carbocycles. The van der Waals surface area contributed by atoms with Crippen molar-refractivity contribution in [2.45, 2.75) is 31.0 Å². The van der Waals surface area contributed by atoms with Gasteiger partial charge in [0.25, 0.3) is 0 Å². The lowest BCUT2D eigenvalue weighted by Crippen LogP contribution is -2.15. The summed E-state index contributed by atoms with van der Waals surface area (Å²) in [5.41, 5.74) is 1.28. The minimum Gasteiger partial charge on any atom is -0.486 e. The van der Waals surface area contributed by atoms with Crippen LogP contribution >= 0.6 is 15.9 Å². The summed E-state index contributed by atoms with van der Waals surface area (Å²) in [6, 6.07) is 6.20. The second-order valence-electron chi connectivity index (χ2n) is 4.01. The normalized spacial score (nSPS) is 15.9. The third-order valence-electron chi connectivity index (χ3n) is 2.74. The van der Waals surface area contributed by atoms with Gasteiger partial charge in [0, 0.05) is 4.83 Å². The number of halogens is 1. The van der Waals surface area contributed by atoms with E-state index in [0.29, 0.717) is 18.0 Å². The highest BCUT2D eigenvalue weighted by atomic mass is 79.9. The summed E-state index contributed by atoms with van der Waals surface area (Å²) in [5, 5.41) is 0. The first-order valence-corrected chi connectivity index (χ1v) is 6.76. The monoisotopic (exact) mass is 284 g/mol. The highest BCUT2D eigenvalue weighted by Crippen LogP contribution is 2.36. The maximum Gasteiger partial charge on any atom is 0.161 e. The van der Waals surface area contributed by atoms with Crippen molar-refractivity contribution in [3.8, 4) is 11.5 Å². The molecule has 1 unspecified atom stereocenters. The largest absolute Gasteiger partial charge is 0.486 e. The summed E-state index contributed by atoms with van der Waals surface area (Å²) in [6.07, 6.45) is 3.63. The zero-order valence-electron chi connectivity index (χ0n) is 9.54. The van der Waals surface area contributed by atoms with Crippen LogP contribution in [0.4, 0.5) is 0 Å². The molecule has 2 rings (SSSR count).